The van der Waals surface area contributed by atoms with E-state index in [0.29, 0.717) is 0 Å². The molecule has 0 aliphatic rings. The van der Waals surface area contributed by atoms with E-state index < -0.39 is 0 Å². The van der Waals surface area contributed by atoms with Crippen molar-refractivity contribution in [2.45, 2.75) is 262 Å². The second-order valence-electron chi connectivity index (χ2n) is 34.2. The Balaban J connectivity index is 0.000000675. The van der Waals surface area contributed by atoms with Gasteiger partial charge in [0.1, 0.15) is 11.5 Å². The third-order valence-electron chi connectivity index (χ3n) is 17.3. The second kappa shape index (κ2) is 37.9. The minimum absolute atomic E-state index is 0. The summed E-state index contributed by atoms with van der Waals surface area (Å²) in [7, 11) is 3.50. The van der Waals surface area contributed by atoms with E-state index in [9.17, 15) is 20.4 Å². The van der Waals surface area contributed by atoms with Crippen LogP contribution in [0.3, 0.4) is 0 Å². The SMILES string of the molecule is COc1c([C@@H](C)c2cc(C(C)(C)C)cc(C(C)(C)C)c2[O-])cc(C(C)(C)C)cc1C(C)(C)C.COc1c([C@@H](C)c2cc(C(C)(C)C)cc(C(C)(C)C)c2[O-])cc(C(C)(C)C)cc1C(C)(C)C.Cc1ccccc1.Cc1ccccc1.[Mg+2].[Mg+2].[O-]Cc1ccccc1.[O-]Cc1ccccc1. The Kier molecular flexibility index (Phi) is 35.0. The summed E-state index contributed by atoms with van der Waals surface area (Å²) in [6.45, 7) is 61.1. The molecule has 8 rings (SSSR count). The van der Waals surface area contributed by atoms with E-state index in [2.05, 4.69) is 267 Å². The van der Waals surface area contributed by atoms with E-state index in [1.807, 2.05) is 97.1 Å². The van der Waals surface area contributed by atoms with Crippen LogP contribution in [0.2, 0.25) is 0 Å². The fourth-order valence-electron chi connectivity index (χ4n) is 10.9. The van der Waals surface area contributed by atoms with Gasteiger partial charge in [-0.15, -0.1) is 24.7 Å². The van der Waals surface area contributed by atoms with Crippen molar-refractivity contribution in [3.05, 3.63) is 259 Å². The fourth-order valence-corrected chi connectivity index (χ4v) is 10.9. The van der Waals surface area contributed by atoms with Crippen LogP contribution in [0.25, 0.3) is 0 Å². The van der Waals surface area contributed by atoms with Gasteiger partial charge in [-0.05, 0) is 102 Å². The first-order valence-electron chi connectivity index (χ1n) is 34.5. The van der Waals surface area contributed by atoms with E-state index in [1.54, 1.807) is 14.2 Å². The average Bonchev–Trinajstić information content (AvgIpc) is 0.763. The molecule has 0 aliphatic heterocycles. The second-order valence-corrected chi connectivity index (χ2v) is 34.2. The molecule has 0 spiro atoms. The summed E-state index contributed by atoms with van der Waals surface area (Å²) in [5.41, 5.74) is 16.7. The Morgan fingerprint density at radius 1 is 0.296 bits per heavy atom. The third-order valence-corrected chi connectivity index (χ3v) is 17.3. The number of benzene rings is 8. The van der Waals surface area contributed by atoms with Crippen LogP contribution in [-0.2, 0) is 56.5 Å². The number of ether oxygens (including phenoxy) is 2. The molecular formula is C90H124Mg2O6. The number of methoxy groups -OCH3 is 2. The minimum atomic E-state index is -0.222. The Morgan fingerprint density at radius 3 is 0.663 bits per heavy atom. The summed E-state index contributed by atoms with van der Waals surface area (Å²) in [5, 5.41) is 47.9. The van der Waals surface area contributed by atoms with Gasteiger partial charge >= 0.3 is 46.1 Å². The zero-order valence-corrected chi connectivity index (χ0v) is 69.4. The molecule has 0 radical (unpaired) electrons. The smallest absolute Gasteiger partial charge is 0.872 e. The molecule has 0 saturated carbocycles. The van der Waals surface area contributed by atoms with Gasteiger partial charge in [0.05, 0.1) is 14.2 Å². The Morgan fingerprint density at radius 2 is 0.500 bits per heavy atom. The maximum absolute atomic E-state index is 13.8. The molecule has 0 heterocycles. The summed E-state index contributed by atoms with van der Waals surface area (Å²) in [5.74, 6) is 1.95. The fraction of sp³-hybridized carbons (Fsp3) is 0.467. The topological polar surface area (TPSA) is 111 Å². The number of aryl methyl sites for hydroxylation is 2. The van der Waals surface area contributed by atoms with Crippen LogP contribution < -0.4 is 29.9 Å². The summed E-state index contributed by atoms with van der Waals surface area (Å²) in [6.07, 6.45) is 0. The van der Waals surface area contributed by atoms with Gasteiger partial charge in [0.2, 0.25) is 0 Å². The minimum Gasteiger partial charge on any atom is -0.872 e. The zero-order valence-electron chi connectivity index (χ0n) is 66.6. The van der Waals surface area contributed by atoms with Crippen LogP contribution in [0.4, 0.5) is 0 Å². The molecule has 0 bridgehead atoms. The molecule has 8 heteroatoms. The van der Waals surface area contributed by atoms with Crippen LogP contribution in [0.5, 0.6) is 23.0 Å². The Hall–Kier alpha value is -5.59. The predicted molar refractivity (Wildman–Crippen MR) is 417 cm³/mol. The van der Waals surface area contributed by atoms with Crippen molar-refractivity contribution in [2.24, 2.45) is 0 Å². The summed E-state index contributed by atoms with van der Waals surface area (Å²) < 4.78 is 12.1. The van der Waals surface area contributed by atoms with E-state index in [-0.39, 0.29) is 126 Å². The first kappa shape index (κ1) is 90.4. The van der Waals surface area contributed by atoms with Crippen molar-refractivity contribution in [3.8, 4) is 23.0 Å². The predicted octanol–water partition coefficient (Wildman–Crippen LogP) is 20.5. The van der Waals surface area contributed by atoms with Gasteiger partial charge in [-0.25, -0.2) is 0 Å². The van der Waals surface area contributed by atoms with Gasteiger partial charge in [0.25, 0.3) is 0 Å². The van der Waals surface area contributed by atoms with Crippen LogP contribution in [0.1, 0.15) is 281 Å². The first-order valence-corrected chi connectivity index (χ1v) is 34.5. The molecule has 8 aromatic rings. The molecule has 0 saturated heterocycles. The van der Waals surface area contributed by atoms with Crippen molar-refractivity contribution in [1.82, 2.24) is 0 Å². The average molecular weight is 1350 g/mol. The van der Waals surface area contributed by atoms with Gasteiger partial charge < -0.3 is 29.9 Å². The van der Waals surface area contributed by atoms with Gasteiger partial charge in [-0.3, -0.25) is 0 Å². The summed E-state index contributed by atoms with van der Waals surface area (Å²) >= 11 is 0. The van der Waals surface area contributed by atoms with Crippen molar-refractivity contribution >= 4 is 46.1 Å². The molecule has 0 N–H and O–H groups in total. The molecular weight excluding hydrogens is 1230 g/mol. The molecule has 524 valence electrons. The first-order chi connectivity index (χ1) is 44.0. The molecule has 2 atom stereocenters. The Bertz CT molecular complexity index is 3400. The van der Waals surface area contributed by atoms with Crippen LogP contribution >= 0.6 is 0 Å². The van der Waals surface area contributed by atoms with Crippen molar-refractivity contribution in [3.63, 3.8) is 0 Å². The normalized spacial score (nSPS) is 12.4. The molecule has 0 aliphatic carbocycles. The molecule has 6 nitrogen and oxygen atoms in total. The van der Waals surface area contributed by atoms with E-state index in [4.69, 9.17) is 9.47 Å². The van der Waals surface area contributed by atoms with E-state index >= 15 is 0 Å². The third kappa shape index (κ3) is 27.4. The number of rotatable bonds is 8. The molecule has 8 aromatic carbocycles. The van der Waals surface area contributed by atoms with Gasteiger partial charge in [0.15, 0.2) is 0 Å². The monoisotopic (exact) mass is 1350 g/mol. The van der Waals surface area contributed by atoms with Crippen molar-refractivity contribution < 1.29 is 29.9 Å². The molecule has 98 heavy (non-hydrogen) atoms. The molecule has 0 unspecified atom stereocenters. The van der Waals surface area contributed by atoms with Crippen molar-refractivity contribution in [2.75, 3.05) is 14.2 Å². The quantitative estimate of drug-likeness (QED) is 0.140. The standard InChI is InChI=1S/2C31H48O2.2C7H7O.2C7H8.2Mg/c2*1-19(22-15-20(28(2,3)4)17-24(26(22)32)30(8,9)10)23-16-21(29(5,6)7)18-25(27(23)33-14)31(11,12)13;2*8-6-7-4-2-1-3-5-7;2*1-7-5-3-2-4-6-7;;/h2*15-19,32H,1-14H3;2*1-5H,6H2;2*2-6H,1H3;;/q;;2*-1;;;2*+2/p-2/t2*19-;;;;;;/m00....../s1. The van der Waals surface area contributed by atoms with E-state index in [1.165, 1.54) is 44.5 Å². The van der Waals surface area contributed by atoms with Crippen molar-refractivity contribution in [1.29, 1.82) is 0 Å². The summed E-state index contributed by atoms with van der Waals surface area (Å²) in [4.78, 5) is 0. The van der Waals surface area contributed by atoms with Crippen LogP contribution in [0.15, 0.2) is 170 Å². The maximum Gasteiger partial charge on any atom is 2.00 e. The van der Waals surface area contributed by atoms with Crippen LogP contribution in [0, 0.1) is 13.8 Å². The molecule has 0 amide bonds. The number of hydrogen-bond donors (Lipinski definition) is 0. The largest absolute Gasteiger partial charge is 2.00 e. The zero-order chi connectivity index (χ0) is 73.3. The van der Waals surface area contributed by atoms with Gasteiger partial charge in [-0.2, -0.15) is 0 Å². The molecule has 0 fully saturated rings. The van der Waals surface area contributed by atoms with Gasteiger partial charge in [-0.1, -0.05) is 372 Å². The number of hydrogen-bond acceptors (Lipinski definition) is 6. The molecule has 0 aromatic heterocycles. The maximum atomic E-state index is 13.8. The van der Waals surface area contributed by atoms with E-state index in [0.717, 1.165) is 56.0 Å². The summed E-state index contributed by atoms with van der Waals surface area (Å²) in [6, 6.07) is 56.7. The Labute approximate surface area is 629 Å². The van der Waals surface area contributed by atoms with Crippen LogP contribution in [-0.4, -0.2) is 60.3 Å². The van der Waals surface area contributed by atoms with Gasteiger partial charge in [0, 0.05) is 34.1 Å².